The number of nitrogens with zero attached hydrogens (tertiary/aromatic N) is 1. The Morgan fingerprint density at radius 1 is 1.05 bits per heavy atom. The van der Waals surface area contributed by atoms with Crippen LogP contribution in [0.15, 0.2) is 54.6 Å². The summed E-state index contributed by atoms with van der Waals surface area (Å²) >= 11 is 0. The number of hydrogen-bond acceptors (Lipinski definition) is 7. The second-order valence-electron chi connectivity index (χ2n) is 9.15. The largest absolute Gasteiger partial charge is 0.491 e. The van der Waals surface area contributed by atoms with Crippen LogP contribution in [0.5, 0.6) is 5.75 Å². The highest BCUT2D eigenvalue weighted by atomic mass is 32.2. The van der Waals surface area contributed by atoms with E-state index in [1.807, 2.05) is 0 Å². The van der Waals surface area contributed by atoms with Crippen molar-refractivity contribution in [2.24, 2.45) is 0 Å². The summed E-state index contributed by atoms with van der Waals surface area (Å²) in [6.45, 7) is 2.22. The molecule has 4 aromatic rings. The number of carbonyl (C=O) groups is 2. The van der Waals surface area contributed by atoms with Crippen molar-refractivity contribution in [3.63, 3.8) is 0 Å². The molecule has 1 heterocycles. The normalized spacial score (nSPS) is 12.0. The third-order valence-electron chi connectivity index (χ3n) is 5.90. The van der Waals surface area contributed by atoms with E-state index in [-0.39, 0.29) is 34.5 Å². The van der Waals surface area contributed by atoms with Gasteiger partial charge < -0.3 is 20.1 Å². The molecule has 0 unspecified atom stereocenters. The third kappa shape index (κ3) is 6.85. The predicted octanol–water partition coefficient (Wildman–Crippen LogP) is 4.51. The minimum atomic E-state index is -5.26. The standard InChI is InChI=1S/C27H24F3N3O6S/c1-15-32-22-12-19(11-21(25(34)35)24(22)33-15)20-7-6-18(13-23(20)39-26(36)27(28,29)30)17-5-3-4-16(10-17)14-31-8-9-40(2,37)38/h3-7,10-13,31H,8-9,14H2,1-2H3,(H,32,33)(H,34,35). The van der Waals surface area contributed by atoms with Gasteiger partial charge in [-0.25, -0.2) is 23.0 Å². The number of sulfone groups is 1. The van der Waals surface area contributed by atoms with E-state index in [1.54, 1.807) is 37.3 Å². The Balaban J connectivity index is 1.75. The molecular weight excluding hydrogens is 551 g/mol. The first kappa shape index (κ1) is 28.8. The number of fused-ring (bicyclic) bond motifs is 1. The molecule has 0 fully saturated rings. The molecule has 40 heavy (non-hydrogen) atoms. The number of aromatic carboxylic acids is 1. The van der Waals surface area contributed by atoms with Crippen molar-refractivity contribution in [2.75, 3.05) is 18.6 Å². The number of aryl methyl sites for hydroxylation is 1. The third-order valence-corrected chi connectivity index (χ3v) is 6.85. The van der Waals surface area contributed by atoms with Crippen LogP contribution in [0.25, 0.3) is 33.3 Å². The van der Waals surface area contributed by atoms with Gasteiger partial charge in [0.15, 0.2) is 0 Å². The van der Waals surface area contributed by atoms with Gasteiger partial charge in [-0.1, -0.05) is 30.3 Å². The number of nitrogens with one attached hydrogen (secondary N) is 2. The van der Waals surface area contributed by atoms with Crippen LogP contribution in [0.2, 0.25) is 0 Å². The summed E-state index contributed by atoms with van der Waals surface area (Å²) < 4.78 is 66.8. The molecule has 13 heteroatoms. The molecule has 210 valence electrons. The molecule has 0 bridgehead atoms. The molecule has 0 spiro atoms. The summed E-state index contributed by atoms with van der Waals surface area (Å²) in [7, 11) is -3.12. The van der Waals surface area contributed by atoms with Gasteiger partial charge in [-0.05, 0) is 53.4 Å². The highest BCUT2D eigenvalue weighted by Gasteiger charge is 2.41. The van der Waals surface area contributed by atoms with Gasteiger partial charge in [-0.15, -0.1) is 0 Å². The van der Waals surface area contributed by atoms with E-state index in [0.717, 1.165) is 11.8 Å². The number of hydrogen-bond donors (Lipinski definition) is 3. The highest BCUT2D eigenvalue weighted by molar-refractivity contribution is 7.90. The molecule has 0 saturated heterocycles. The van der Waals surface area contributed by atoms with Crippen LogP contribution >= 0.6 is 0 Å². The topological polar surface area (TPSA) is 138 Å². The number of carboxylic acid groups (broad SMARTS) is 1. The number of carbonyl (C=O) groups excluding carboxylic acids is 1. The summed E-state index contributed by atoms with van der Waals surface area (Å²) in [5.74, 6) is -3.71. The van der Waals surface area contributed by atoms with Crippen molar-refractivity contribution >= 4 is 32.8 Å². The summed E-state index contributed by atoms with van der Waals surface area (Å²) in [5.41, 5.74) is 2.44. The molecule has 0 saturated carbocycles. The lowest BCUT2D eigenvalue weighted by molar-refractivity contribution is -0.189. The molecule has 0 aliphatic rings. The van der Waals surface area contributed by atoms with Gasteiger partial charge in [-0.3, -0.25) is 0 Å². The van der Waals surface area contributed by atoms with Crippen molar-refractivity contribution in [3.8, 4) is 28.0 Å². The number of alkyl halides is 3. The smallest absolute Gasteiger partial charge is 0.478 e. The Hall–Kier alpha value is -4.23. The molecule has 1 aromatic heterocycles. The first-order chi connectivity index (χ1) is 18.7. The van der Waals surface area contributed by atoms with Crippen LogP contribution in [-0.4, -0.2) is 60.2 Å². The Bertz CT molecular complexity index is 1710. The van der Waals surface area contributed by atoms with E-state index < -0.39 is 33.7 Å². The molecule has 0 amide bonds. The molecular formula is C27H24F3N3O6S. The predicted molar refractivity (Wildman–Crippen MR) is 142 cm³/mol. The van der Waals surface area contributed by atoms with E-state index in [4.69, 9.17) is 4.74 Å². The van der Waals surface area contributed by atoms with Crippen molar-refractivity contribution in [1.29, 1.82) is 0 Å². The zero-order valence-corrected chi connectivity index (χ0v) is 22.1. The molecule has 9 nitrogen and oxygen atoms in total. The molecule has 3 aromatic carbocycles. The van der Waals surface area contributed by atoms with Crippen molar-refractivity contribution < 1.29 is 41.0 Å². The van der Waals surface area contributed by atoms with E-state index in [1.165, 1.54) is 24.3 Å². The SMILES string of the molecule is Cc1nc2c(C(=O)O)cc(-c3ccc(-c4cccc(CNCCS(C)(=O)=O)c4)cc3OC(=O)C(F)(F)F)cc2[nH]1. The van der Waals surface area contributed by atoms with Gasteiger partial charge in [0.2, 0.25) is 0 Å². The van der Waals surface area contributed by atoms with Crippen molar-refractivity contribution in [1.82, 2.24) is 15.3 Å². The Morgan fingerprint density at radius 3 is 2.45 bits per heavy atom. The minimum absolute atomic E-state index is 0.0322. The Kier molecular flexibility index (Phi) is 7.98. The number of carboxylic acids is 1. The number of halogens is 3. The fourth-order valence-electron chi connectivity index (χ4n) is 4.09. The maximum atomic E-state index is 13.1. The number of ether oxygens (including phenoxy) is 1. The van der Waals surface area contributed by atoms with Crippen LogP contribution < -0.4 is 10.1 Å². The van der Waals surface area contributed by atoms with Crippen LogP contribution in [0.4, 0.5) is 13.2 Å². The van der Waals surface area contributed by atoms with Gasteiger partial charge in [0, 0.05) is 24.9 Å². The van der Waals surface area contributed by atoms with Crippen LogP contribution in [0, 0.1) is 6.92 Å². The Morgan fingerprint density at radius 2 is 1.77 bits per heavy atom. The molecule has 0 atom stereocenters. The lowest BCUT2D eigenvalue weighted by Crippen LogP contribution is -2.28. The molecule has 0 aliphatic heterocycles. The number of rotatable bonds is 9. The maximum absolute atomic E-state index is 13.1. The number of aromatic nitrogens is 2. The van der Waals surface area contributed by atoms with Gasteiger partial charge in [0.1, 0.15) is 26.9 Å². The first-order valence-corrected chi connectivity index (χ1v) is 13.9. The van der Waals surface area contributed by atoms with Crippen molar-refractivity contribution in [3.05, 3.63) is 71.5 Å². The average Bonchev–Trinajstić information content (AvgIpc) is 3.25. The monoisotopic (exact) mass is 575 g/mol. The van der Waals surface area contributed by atoms with E-state index in [0.29, 0.717) is 29.0 Å². The van der Waals surface area contributed by atoms with Crippen LogP contribution in [0.1, 0.15) is 21.7 Å². The molecule has 4 rings (SSSR count). The maximum Gasteiger partial charge on any atom is 0.491 e. The van der Waals surface area contributed by atoms with Crippen LogP contribution in [-0.2, 0) is 21.2 Å². The molecule has 0 aliphatic carbocycles. The number of aromatic amines is 1. The fourth-order valence-corrected chi connectivity index (χ4v) is 4.61. The first-order valence-electron chi connectivity index (χ1n) is 11.9. The number of H-pyrrole nitrogens is 1. The summed E-state index contributed by atoms with van der Waals surface area (Å²) in [6, 6.07) is 14.1. The fraction of sp³-hybridized carbons (Fsp3) is 0.222. The zero-order chi connectivity index (χ0) is 29.2. The minimum Gasteiger partial charge on any atom is -0.478 e. The van der Waals surface area contributed by atoms with E-state index in [9.17, 15) is 36.3 Å². The zero-order valence-electron chi connectivity index (χ0n) is 21.3. The Labute approximate surface area is 226 Å². The summed E-state index contributed by atoms with van der Waals surface area (Å²) in [5, 5.41) is 12.7. The number of imidazole rings is 1. The van der Waals surface area contributed by atoms with Gasteiger partial charge in [-0.2, -0.15) is 13.2 Å². The average molecular weight is 576 g/mol. The number of esters is 1. The van der Waals surface area contributed by atoms with Crippen LogP contribution in [0.3, 0.4) is 0 Å². The van der Waals surface area contributed by atoms with Gasteiger partial charge >= 0.3 is 18.1 Å². The van der Waals surface area contributed by atoms with Gasteiger partial charge in [0.05, 0.1) is 16.8 Å². The lowest BCUT2D eigenvalue weighted by Gasteiger charge is -2.15. The quantitative estimate of drug-likeness (QED) is 0.151. The van der Waals surface area contributed by atoms with Crippen molar-refractivity contribution in [2.45, 2.75) is 19.6 Å². The second-order valence-corrected chi connectivity index (χ2v) is 11.4. The van der Waals surface area contributed by atoms with Gasteiger partial charge in [0.25, 0.3) is 0 Å². The number of benzene rings is 3. The highest BCUT2D eigenvalue weighted by Crippen LogP contribution is 2.37. The lowest BCUT2D eigenvalue weighted by atomic mass is 9.96. The summed E-state index contributed by atoms with van der Waals surface area (Å²) in [6.07, 6.45) is -4.12. The molecule has 3 N–H and O–H groups in total. The second kappa shape index (κ2) is 11.1. The van der Waals surface area contributed by atoms with E-state index in [2.05, 4.69) is 15.3 Å². The summed E-state index contributed by atoms with van der Waals surface area (Å²) in [4.78, 5) is 30.8. The van der Waals surface area contributed by atoms with E-state index >= 15 is 0 Å². The molecule has 0 radical (unpaired) electrons.